The number of unbranched alkanes of at least 4 members (excludes halogenated alkanes) is 1. The molecule has 1 N–H and O–H groups in total. The Bertz CT molecular complexity index is 391. The summed E-state index contributed by atoms with van der Waals surface area (Å²) in [5, 5.41) is 2.79. The molecule has 0 aromatic carbocycles. The second-order valence-electron chi connectivity index (χ2n) is 3.95. The molecule has 1 rings (SSSR count). The van der Waals surface area contributed by atoms with Gasteiger partial charge in [0.1, 0.15) is 6.61 Å². The molecule has 1 aromatic rings. The predicted octanol–water partition coefficient (Wildman–Crippen LogP) is 2.16. The highest BCUT2D eigenvalue weighted by atomic mass is 16.5. The molecule has 0 aliphatic carbocycles. The van der Waals surface area contributed by atoms with Crippen LogP contribution in [-0.2, 0) is 16.1 Å². The molecule has 0 unspecified atom stereocenters. The van der Waals surface area contributed by atoms with Crippen LogP contribution in [0.2, 0.25) is 0 Å². The summed E-state index contributed by atoms with van der Waals surface area (Å²) in [5.74, 6) is -0.0803. The van der Waals surface area contributed by atoms with Crippen molar-refractivity contribution in [3.63, 3.8) is 0 Å². The number of nitrogens with one attached hydrogen (secondary N) is 1. The fourth-order valence-electron chi connectivity index (χ4n) is 1.40. The van der Waals surface area contributed by atoms with Crippen LogP contribution in [0, 0.1) is 0 Å². The maximum Gasteiger partial charge on any atom is 0.246 e. The van der Waals surface area contributed by atoms with Crippen molar-refractivity contribution in [2.24, 2.45) is 0 Å². The molecule has 1 aromatic heterocycles. The first kappa shape index (κ1) is 14.4. The predicted molar refractivity (Wildman–Crippen MR) is 71.9 cm³/mol. The van der Waals surface area contributed by atoms with Crippen LogP contribution in [0.5, 0.6) is 0 Å². The molecule has 98 valence electrons. The molecule has 0 saturated carbocycles. The van der Waals surface area contributed by atoms with Gasteiger partial charge in [-0.15, -0.1) is 0 Å². The summed E-state index contributed by atoms with van der Waals surface area (Å²) in [6, 6.07) is 5.62. The number of ether oxygens (including phenoxy) is 1. The fraction of sp³-hybridized carbons (Fsp3) is 0.429. The quantitative estimate of drug-likeness (QED) is 0.717. The summed E-state index contributed by atoms with van der Waals surface area (Å²) in [6.07, 6.45) is 3.75. The molecule has 0 aliphatic rings. The van der Waals surface area contributed by atoms with Crippen LogP contribution in [0.1, 0.15) is 31.2 Å². The number of nitrogens with zero attached hydrogens (tertiary/aromatic N) is 1. The lowest BCUT2D eigenvalue weighted by molar-refractivity contribution is -0.126. The van der Waals surface area contributed by atoms with Crippen LogP contribution in [-0.4, -0.2) is 24.0 Å². The van der Waals surface area contributed by atoms with Crippen molar-refractivity contribution >= 4 is 12.0 Å². The summed E-state index contributed by atoms with van der Waals surface area (Å²) >= 11 is 0. The first-order valence-corrected chi connectivity index (χ1v) is 6.19. The molecule has 0 bridgehead atoms. The van der Waals surface area contributed by atoms with E-state index in [1.54, 1.807) is 6.08 Å². The van der Waals surface area contributed by atoms with Crippen molar-refractivity contribution in [1.82, 2.24) is 10.3 Å². The minimum atomic E-state index is -0.0803. The van der Waals surface area contributed by atoms with Gasteiger partial charge < -0.3 is 10.1 Å². The van der Waals surface area contributed by atoms with Crippen molar-refractivity contribution in [3.05, 3.63) is 36.2 Å². The largest absolute Gasteiger partial charge is 0.365 e. The summed E-state index contributed by atoms with van der Waals surface area (Å²) in [7, 11) is 0. The van der Waals surface area contributed by atoms with Crippen molar-refractivity contribution in [1.29, 1.82) is 0 Å². The van der Waals surface area contributed by atoms with Gasteiger partial charge in [0.15, 0.2) is 0 Å². The minimum absolute atomic E-state index is 0.0731. The number of pyridine rings is 1. The summed E-state index contributed by atoms with van der Waals surface area (Å²) < 4.78 is 5.30. The Kier molecular flexibility index (Phi) is 6.72. The number of aromatic nitrogens is 1. The number of hydrogen-bond donors (Lipinski definition) is 1. The highest BCUT2D eigenvalue weighted by Crippen LogP contribution is 2.02. The van der Waals surface area contributed by atoms with E-state index >= 15 is 0 Å². The summed E-state index contributed by atoms with van der Waals surface area (Å²) in [5.41, 5.74) is 1.61. The number of hydrogen-bond acceptors (Lipinski definition) is 3. The Labute approximate surface area is 108 Å². The second-order valence-corrected chi connectivity index (χ2v) is 3.95. The van der Waals surface area contributed by atoms with Crippen molar-refractivity contribution < 1.29 is 9.53 Å². The Balaban J connectivity index is 2.24. The Morgan fingerprint density at radius 3 is 3.11 bits per heavy atom. The first-order valence-electron chi connectivity index (χ1n) is 6.19. The maximum atomic E-state index is 11.4. The summed E-state index contributed by atoms with van der Waals surface area (Å²) in [6.45, 7) is 6.86. The molecule has 0 aliphatic heterocycles. The van der Waals surface area contributed by atoms with E-state index in [9.17, 15) is 4.79 Å². The summed E-state index contributed by atoms with van der Waals surface area (Å²) in [4.78, 5) is 15.6. The van der Waals surface area contributed by atoms with Gasteiger partial charge in [0, 0.05) is 6.54 Å². The molecular weight excluding hydrogens is 228 g/mol. The van der Waals surface area contributed by atoms with Gasteiger partial charge in [-0.2, -0.15) is 0 Å². The van der Waals surface area contributed by atoms with Crippen molar-refractivity contribution in [3.8, 4) is 0 Å². The standard InChI is InChI=1S/C14H20N2O2/c1-3-5-9-15-14(17)11-18-10-13-8-6-7-12(4-2)16-13/h4,6-8H,2-3,5,9-11H2,1H3,(H,15,17). The van der Waals surface area contributed by atoms with Crippen LogP contribution in [0.3, 0.4) is 0 Å². The molecule has 0 radical (unpaired) electrons. The first-order chi connectivity index (χ1) is 8.76. The lowest BCUT2D eigenvalue weighted by Gasteiger charge is -2.05. The average Bonchev–Trinajstić information content (AvgIpc) is 2.39. The molecule has 0 spiro atoms. The van der Waals surface area contributed by atoms with E-state index in [2.05, 4.69) is 23.8 Å². The normalized spacial score (nSPS) is 10.1. The van der Waals surface area contributed by atoms with E-state index in [1.807, 2.05) is 18.2 Å². The monoisotopic (exact) mass is 248 g/mol. The van der Waals surface area contributed by atoms with Gasteiger partial charge in [-0.1, -0.05) is 26.0 Å². The van der Waals surface area contributed by atoms with E-state index in [0.717, 1.165) is 24.2 Å². The van der Waals surface area contributed by atoms with Gasteiger partial charge >= 0.3 is 0 Å². The fourth-order valence-corrected chi connectivity index (χ4v) is 1.40. The lowest BCUT2D eigenvalue weighted by Crippen LogP contribution is -2.28. The van der Waals surface area contributed by atoms with Gasteiger partial charge in [-0.25, -0.2) is 0 Å². The number of rotatable bonds is 8. The zero-order chi connectivity index (χ0) is 13.2. The second kappa shape index (κ2) is 8.42. The van der Waals surface area contributed by atoms with Gasteiger partial charge in [-0.05, 0) is 24.6 Å². The Morgan fingerprint density at radius 1 is 1.56 bits per heavy atom. The van der Waals surface area contributed by atoms with E-state index in [0.29, 0.717) is 13.2 Å². The average molecular weight is 248 g/mol. The van der Waals surface area contributed by atoms with Gasteiger partial charge in [0.2, 0.25) is 5.91 Å². The van der Waals surface area contributed by atoms with Crippen molar-refractivity contribution in [2.45, 2.75) is 26.4 Å². The van der Waals surface area contributed by atoms with Crippen LogP contribution < -0.4 is 5.32 Å². The topological polar surface area (TPSA) is 51.2 Å². The molecule has 4 nitrogen and oxygen atoms in total. The third-order valence-electron chi connectivity index (χ3n) is 2.37. The Morgan fingerprint density at radius 2 is 2.39 bits per heavy atom. The van der Waals surface area contributed by atoms with Crippen LogP contribution in [0.15, 0.2) is 24.8 Å². The molecule has 4 heteroatoms. The molecule has 1 heterocycles. The third-order valence-corrected chi connectivity index (χ3v) is 2.37. The van der Waals surface area contributed by atoms with Gasteiger partial charge in [0.05, 0.1) is 18.0 Å². The van der Waals surface area contributed by atoms with Gasteiger partial charge in [-0.3, -0.25) is 9.78 Å². The zero-order valence-corrected chi connectivity index (χ0v) is 10.8. The van der Waals surface area contributed by atoms with E-state index in [-0.39, 0.29) is 12.5 Å². The van der Waals surface area contributed by atoms with Crippen LogP contribution >= 0.6 is 0 Å². The smallest absolute Gasteiger partial charge is 0.246 e. The van der Waals surface area contributed by atoms with Crippen molar-refractivity contribution in [2.75, 3.05) is 13.2 Å². The zero-order valence-electron chi connectivity index (χ0n) is 10.8. The number of amides is 1. The third kappa shape index (κ3) is 5.59. The highest BCUT2D eigenvalue weighted by Gasteiger charge is 2.01. The van der Waals surface area contributed by atoms with E-state index in [4.69, 9.17) is 4.74 Å². The Hall–Kier alpha value is -1.68. The van der Waals surface area contributed by atoms with Crippen LogP contribution in [0.25, 0.3) is 6.08 Å². The molecular formula is C14H20N2O2. The van der Waals surface area contributed by atoms with E-state index in [1.165, 1.54) is 0 Å². The van der Waals surface area contributed by atoms with E-state index < -0.39 is 0 Å². The lowest BCUT2D eigenvalue weighted by atomic mass is 10.3. The number of carbonyl (C=O) groups is 1. The minimum Gasteiger partial charge on any atom is -0.365 e. The molecule has 1 amide bonds. The molecule has 18 heavy (non-hydrogen) atoms. The van der Waals surface area contributed by atoms with Gasteiger partial charge in [0.25, 0.3) is 0 Å². The van der Waals surface area contributed by atoms with Crippen LogP contribution in [0.4, 0.5) is 0 Å². The SMILES string of the molecule is C=Cc1cccc(COCC(=O)NCCCC)n1. The number of carbonyl (C=O) groups excluding carboxylic acids is 1. The molecule has 0 fully saturated rings. The molecule has 0 atom stereocenters. The highest BCUT2D eigenvalue weighted by molar-refractivity contribution is 5.77. The molecule has 0 saturated heterocycles. The maximum absolute atomic E-state index is 11.4.